The summed E-state index contributed by atoms with van der Waals surface area (Å²) >= 11 is 0. The topological polar surface area (TPSA) is 46.5 Å². The molecule has 140 valence electrons. The Balaban J connectivity index is 2.30. The SMILES string of the molecule is CCOC(=O)C(Cc1cccc(C(C)(F)F)c1)C(O)c1ccc(F)cc1. The van der Waals surface area contributed by atoms with E-state index in [9.17, 15) is 23.1 Å². The highest BCUT2D eigenvalue weighted by Gasteiger charge is 2.31. The van der Waals surface area contributed by atoms with E-state index in [0.717, 1.165) is 6.92 Å². The molecule has 0 saturated carbocycles. The Kier molecular flexibility index (Phi) is 6.42. The summed E-state index contributed by atoms with van der Waals surface area (Å²) in [6.45, 7) is 2.55. The highest BCUT2D eigenvalue weighted by molar-refractivity contribution is 5.74. The zero-order valence-corrected chi connectivity index (χ0v) is 14.6. The number of carbonyl (C=O) groups excluding carboxylic acids is 1. The van der Waals surface area contributed by atoms with Gasteiger partial charge >= 0.3 is 5.97 Å². The fourth-order valence-electron chi connectivity index (χ4n) is 2.69. The lowest BCUT2D eigenvalue weighted by Gasteiger charge is -2.22. The van der Waals surface area contributed by atoms with Crippen LogP contribution in [0.1, 0.15) is 36.6 Å². The molecule has 0 heterocycles. The first-order chi connectivity index (χ1) is 12.2. The molecule has 0 aliphatic rings. The molecule has 26 heavy (non-hydrogen) atoms. The lowest BCUT2D eigenvalue weighted by molar-refractivity contribution is -0.152. The number of aliphatic hydroxyl groups excluding tert-OH is 1. The van der Waals surface area contributed by atoms with Crippen molar-refractivity contribution in [3.05, 3.63) is 71.0 Å². The molecule has 0 radical (unpaired) electrons. The van der Waals surface area contributed by atoms with Gasteiger partial charge in [0.1, 0.15) is 5.82 Å². The monoisotopic (exact) mass is 366 g/mol. The highest BCUT2D eigenvalue weighted by atomic mass is 19.3. The average molecular weight is 366 g/mol. The van der Waals surface area contributed by atoms with Crippen molar-refractivity contribution in [1.29, 1.82) is 0 Å². The predicted octanol–water partition coefficient (Wildman–Crippen LogP) is 4.39. The van der Waals surface area contributed by atoms with Crippen LogP contribution in [0, 0.1) is 11.7 Å². The molecule has 2 aromatic carbocycles. The molecule has 0 aromatic heterocycles. The second-order valence-electron chi connectivity index (χ2n) is 6.15. The Bertz CT molecular complexity index is 739. The first-order valence-corrected chi connectivity index (χ1v) is 8.29. The number of hydrogen-bond donors (Lipinski definition) is 1. The van der Waals surface area contributed by atoms with E-state index in [1.807, 2.05) is 0 Å². The summed E-state index contributed by atoms with van der Waals surface area (Å²) in [4.78, 5) is 12.3. The van der Waals surface area contributed by atoms with E-state index < -0.39 is 29.7 Å². The third kappa shape index (κ3) is 5.08. The first-order valence-electron chi connectivity index (χ1n) is 8.29. The zero-order chi connectivity index (χ0) is 19.3. The van der Waals surface area contributed by atoms with Gasteiger partial charge < -0.3 is 9.84 Å². The molecule has 3 nitrogen and oxygen atoms in total. The number of halogens is 3. The van der Waals surface area contributed by atoms with Crippen molar-refractivity contribution in [3.8, 4) is 0 Å². The molecular weight excluding hydrogens is 345 g/mol. The van der Waals surface area contributed by atoms with Crippen LogP contribution in [0.5, 0.6) is 0 Å². The van der Waals surface area contributed by atoms with E-state index in [1.165, 1.54) is 42.5 Å². The van der Waals surface area contributed by atoms with Crippen LogP contribution in [-0.2, 0) is 21.9 Å². The van der Waals surface area contributed by atoms with Gasteiger partial charge in [-0.1, -0.05) is 30.3 Å². The Morgan fingerprint density at radius 1 is 1.19 bits per heavy atom. The van der Waals surface area contributed by atoms with Crippen LogP contribution in [0.15, 0.2) is 48.5 Å². The van der Waals surface area contributed by atoms with Gasteiger partial charge in [-0.25, -0.2) is 13.2 Å². The molecule has 2 aromatic rings. The van der Waals surface area contributed by atoms with Crippen LogP contribution in [0.3, 0.4) is 0 Å². The first kappa shape index (κ1) is 20.0. The molecule has 0 aliphatic carbocycles. The van der Waals surface area contributed by atoms with Gasteiger partial charge in [-0.3, -0.25) is 4.79 Å². The van der Waals surface area contributed by atoms with Gasteiger partial charge in [-0.05, 0) is 42.7 Å². The molecule has 1 N–H and O–H groups in total. The van der Waals surface area contributed by atoms with Crippen molar-refractivity contribution >= 4 is 5.97 Å². The zero-order valence-electron chi connectivity index (χ0n) is 14.6. The van der Waals surface area contributed by atoms with E-state index in [2.05, 4.69) is 0 Å². The van der Waals surface area contributed by atoms with Gasteiger partial charge in [0.2, 0.25) is 0 Å². The molecule has 0 aliphatic heterocycles. The number of alkyl halides is 2. The second kappa shape index (κ2) is 8.36. The van der Waals surface area contributed by atoms with Crippen molar-refractivity contribution < 1.29 is 27.8 Å². The summed E-state index contributed by atoms with van der Waals surface area (Å²) in [6.07, 6.45) is -1.23. The summed E-state index contributed by atoms with van der Waals surface area (Å²) in [7, 11) is 0. The third-order valence-electron chi connectivity index (χ3n) is 4.07. The summed E-state index contributed by atoms with van der Waals surface area (Å²) < 4.78 is 45.2. The Morgan fingerprint density at radius 3 is 2.42 bits per heavy atom. The maximum Gasteiger partial charge on any atom is 0.312 e. The standard InChI is InChI=1S/C20H21F3O3/c1-3-26-19(25)17(18(24)14-7-9-16(21)10-8-14)12-13-5-4-6-15(11-13)20(2,22)23/h4-11,17-18,24H,3,12H2,1-2H3. The van der Waals surface area contributed by atoms with E-state index in [-0.39, 0.29) is 18.6 Å². The minimum Gasteiger partial charge on any atom is -0.466 e. The minimum atomic E-state index is -3.01. The fraction of sp³-hybridized carbons (Fsp3) is 0.350. The van der Waals surface area contributed by atoms with E-state index >= 15 is 0 Å². The maximum absolute atomic E-state index is 13.5. The van der Waals surface area contributed by atoms with Crippen LogP contribution in [0.4, 0.5) is 13.2 Å². The fourth-order valence-corrected chi connectivity index (χ4v) is 2.69. The normalized spacial score (nSPS) is 13.9. The molecular formula is C20H21F3O3. The van der Waals surface area contributed by atoms with Crippen LogP contribution < -0.4 is 0 Å². The molecule has 2 rings (SSSR count). The van der Waals surface area contributed by atoms with Crippen molar-refractivity contribution in [2.45, 2.75) is 32.3 Å². The Labute approximate surface area is 150 Å². The number of aliphatic hydroxyl groups is 1. The number of rotatable bonds is 7. The number of hydrogen-bond acceptors (Lipinski definition) is 3. The molecule has 0 bridgehead atoms. The molecule has 0 amide bonds. The van der Waals surface area contributed by atoms with Crippen LogP contribution in [0.25, 0.3) is 0 Å². The summed E-state index contributed by atoms with van der Waals surface area (Å²) in [5.41, 5.74) is 0.651. The summed E-state index contributed by atoms with van der Waals surface area (Å²) in [6, 6.07) is 10.8. The second-order valence-corrected chi connectivity index (χ2v) is 6.15. The van der Waals surface area contributed by atoms with E-state index in [0.29, 0.717) is 11.1 Å². The van der Waals surface area contributed by atoms with Gasteiger partial charge in [0.05, 0.1) is 18.6 Å². The number of benzene rings is 2. The Morgan fingerprint density at radius 2 is 1.85 bits per heavy atom. The maximum atomic E-state index is 13.5. The third-order valence-corrected chi connectivity index (χ3v) is 4.07. The van der Waals surface area contributed by atoms with Crippen LogP contribution in [-0.4, -0.2) is 17.7 Å². The molecule has 2 atom stereocenters. The predicted molar refractivity (Wildman–Crippen MR) is 91.2 cm³/mol. The largest absolute Gasteiger partial charge is 0.466 e. The number of ether oxygens (including phenoxy) is 1. The molecule has 6 heteroatoms. The molecule has 2 unspecified atom stereocenters. The van der Waals surface area contributed by atoms with Gasteiger partial charge in [0, 0.05) is 12.5 Å². The smallest absolute Gasteiger partial charge is 0.312 e. The van der Waals surface area contributed by atoms with E-state index in [1.54, 1.807) is 13.0 Å². The van der Waals surface area contributed by atoms with Crippen molar-refractivity contribution in [2.24, 2.45) is 5.92 Å². The van der Waals surface area contributed by atoms with Crippen LogP contribution in [0.2, 0.25) is 0 Å². The van der Waals surface area contributed by atoms with Gasteiger partial charge in [-0.2, -0.15) is 0 Å². The molecule has 0 fully saturated rings. The number of esters is 1. The highest BCUT2D eigenvalue weighted by Crippen LogP contribution is 2.30. The van der Waals surface area contributed by atoms with Gasteiger partial charge in [0.25, 0.3) is 5.92 Å². The van der Waals surface area contributed by atoms with Crippen molar-refractivity contribution in [3.63, 3.8) is 0 Å². The molecule has 0 spiro atoms. The minimum absolute atomic E-state index is 0.0152. The average Bonchev–Trinajstić information content (AvgIpc) is 2.59. The quantitative estimate of drug-likeness (QED) is 0.739. The lowest BCUT2D eigenvalue weighted by atomic mass is 9.89. The van der Waals surface area contributed by atoms with Gasteiger partial charge in [-0.15, -0.1) is 0 Å². The Hall–Kier alpha value is -2.34. The van der Waals surface area contributed by atoms with E-state index in [4.69, 9.17) is 4.74 Å². The molecule has 0 saturated heterocycles. The van der Waals surface area contributed by atoms with Crippen molar-refractivity contribution in [1.82, 2.24) is 0 Å². The summed E-state index contributed by atoms with van der Waals surface area (Å²) in [5.74, 6) is -5.11. The van der Waals surface area contributed by atoms with Crippen LogP contribution >= 0.6 is 0 Å². The summed E-state index contributed by atoms with van der Waals surface area (Å²) in [5, 5.41) is 10.6. The number of carbonyl (C=O) groups is 1. The lowest BCUT2D eigenvalue weighted by Crippen LogP contribution is -2.27. The van der Waals surface area contributed by atoms with Gasteiger partial charge in [0.15, 0.2) is 0 Å². The van der Waals surface area contributed by atoms with Crippen molar-refractivity contribution in [2.75, 3.05) is 6.61 Å².